The van der Waals surface area contributed by atoms with E-state index in [9.17, 15) is 4.79 Å². The molecule has 0 fully saturated rings. The summed E-state index contributed by atoms with van der Waals surface area (Å²) in [4.78, 5) is 12.5. The lowest BCUT2D eigenvalue weighted by Crippen LogP contribution is -2.17. The number of benzene rings is 3. The molecule has 0 aromatic heterocycles. The van der Waals surface area contributed by atoms with E-state index in [4.69, 9.17) is 25.8 Å². The summed E-state index contributed by atoms with van der Waals surface area (Å²) in [6.45, 7) is 2.92. The van der Waals surface area contributed by atoms with Crippen LogP contribution < -0.4 is 19.6 Å². The molecule has 0 aliphatic rings. The second kappa shape index (κ2) is 11.8. The molecule has 0 aliphatic carbocycles. The molecule has 6 nitrogen and oxygen atoms in total. The van der Waals surface area contributed by atoms with E-state index in [1.165, 1.54) is 13.3 Å². The van der Waals surface area contributed by atoms with Gasteiger partial charge in [-0.3, -0.25) is 4.79 Å². The SMILES string of the molecule is CCCOc1ccc(C(=O)N/N=C/c2ccccc2OCc2ccccc2Cl)cc1OC. The van der Waals surface area contributed by atoms with Crippen LogP contribution in [0.4, 0.5) is 0 Å². The Hall–Kier alpha value is -3.51. The molecular weight excluding hydrogens is 428 g/mol. The van der Waals surface area contributed by atoms with Gasteiger partial charge in [0.15, 0.2) is 11.5 Å². The summed E-state index contributed by atoms with van der Waals surface area (Å²) in [6.07, 6.45) is 2.42. The van der Waals surface area contributed by atoms with Gasteiger partial charge in [-0.2, -0.15) is 5.10 Å². The molecule has 0 bridgehead atoms. The van der Waals surface area contributed by atoms with Crippen LogP contribution in [0.3, 0.4) is 0 Å². The smallest absolute Gasteiger partial charge is 0.271 e. The molecule has 0 atom stereocenters. The van der Waals surface area contributed by atoms with E-state index in [2.05, 4.69) is 10.5 Å². The zero-order valence-corrected chi connectivity index (χ0v) is 18.8. The van der Waals surface area contributed by atoms with Crippen molar-refractivity contribution < 1.29 is 19.0 Å². The zero-order chi connectivity index (χ0) is 22.8. The average molecular weight is 453 g/mol. The Kier molecular flexibility index (Phi) is 8.52. The van der Waals surface area contributed by atoms with Gasteiger partial charge in [0.25, 0.3) is 5.91 Å². The van der Waals surface area contributed by atoms with Crippen molar-refractivity contribution in [1.29, 1.82) is 0 Å². The summed E-state index contributed by atoms with van der Waals surface area (Å²) < 4.78 is 16.8. The van der Waals surface area contributed by atoms with E-state index >= 15 is 0 Å². The number of carbonyl (C=O) groups is 1. The molecule has 0 saturated carbocycles. The van der Waals surface area contributed by atoms with Crippen LogP contribution in [0.15, 0.2) is 71.8 Å². The molecule has 0 saturated heterocycles. The van der Waals surface area contributed by atoms with E-state index in [1.54, 1.807) is 18.2 Å². The summed E-state index contributed by atoms with van der Waals surface area (Å²) in [6, 6.07) is 19.9. The van der Waals surface area contributed by atoms with Crippen LogP contribution in [-0.4, -0.2) is 25.8 Å². The number of hydrogen-bond acceptors (Lipinski definition) is 5. The first-order chi connectivity index (χ1) is 15.6. The van der Waals surface area contributed by atoms with Crippen LogP contribution >= 0.6 is 11.6 Å². The van der Waals surface area contributed by atoms with Gasteiger partial charge in [0.2, 0.25) is 0 Å². The van der Waals surface area contributed by atoms with Crippen LogP contribution in [-0.2, 0) is 6.61 Å². The first kappa shape index (κ1) is 23.2. The van der Waals surface area contributed by atoms with Gasteiger partial charge in [0.1, 0.15) is 12.4 Å². The number of nitrogens with one attached hydrogen (secondary N) is 1. The third-order valence-electron chi connectivity index (χ3n) is 4.52. The third-order valence-corrected chi connectivity index (χ3v) is 4.89. The molecule has 0 radical (unpaired) electrons. The molecule has 3 rings (SSSR count). The monoisotopic (exact) mass is 452 g/mol. The van der Waals surface area contributed by atoms with Gasteiger partial charge < -0.3 is 14.2 Å². The lowest BCUT2D eigenvalue weighted by Gasteiger charge is -2.11. The minimum absolute atomic E-state index is 0.323. The van der Waals surface area contributed by atoms with Gasteiger partial charge >= 0.3 is 0 Å². The summed E-state index contributed by atoms with van der Waals surface area (Å²) in [5, 5.41) is 4.72. The maximum absolute atomic E-state index is 12.5. The molecule has 1 N–H and O–H groups in total. The molecule has 1 amide bonds. The van der Waals surface area contributed by atoms with Crippen molar-refractivity contribution in [3.05, 3.63) is 88.4 Å². The molecule has 32 heavy (non-hydrogen) atoms. The molecule has 0 heterocycles. The standard InChI is InChI=1S/C25H25ClN2O4/c1-3-14-31-23-13-12-18(15-24(23)30-2)25(29)28-27-16-19-8-5-7-11-22(19)32-17-20-9-4-6-10-21(20)26/h4-13,15-16H,3,14,17H2,1-2H3,(H,28,29)/b27-16+. The highest BCUT2D eigenvalue weighted by Crippen LogP contribution is 2.28. The lowest BCUT2D eigenvalue weighted by molar-refractivity contribution is 0.0954. The van der Waals surface area contributed by atoms with E-state index in [1.807, 2.05) is 55.5 Å². The minimum atomic E-state index is -0.365. The van der Waals surface area contributed by atoms with Crippen molar-refractivity contribution in [2.24, 2.45) is 5.10 Å². The van der Waals surface area contributed by atoms with Crippen molar-refractivity contribution in [3.8, 4) is 17.2 Å². The molecule has 0 spiro atoms. The van der Waals surface area contributed by atoms with Crippen molar-refractivity contribution in [1.82, 2.24) is 5.43 Å². The molecule has 3 aromatic carbocycles. The number of hydrazone groups is 1. The zero-order valence-electron chi connectivity index (χ0n) is 18.0. The quantitative estimate of drug-likeness (QED) is 0.326. The number of amides is 1. The summed E-state index contributed by atoms with van der Waals surface area (Å²) in [5.41, 5.74) is 4.54. The number of halogens is 1. The highest BCUT2D eigenvalue weighted by Gasteiger charge is 2.11. The number of carbonyl (C=O) groups excluding carboxylic acids is 1. The molecule has 0 aliphatic heterocycles. The van der Waals surface area contributed by atoms with Crippen LogP contribution in [0, 0.1) is 0 Å². The van der Waals surface area contributed by atoms with Gasteiger partial charge in [-0.15, -0.1) is 0 Å². The first-order valence-electron chi connectivity index (χ1n) is 10.2. The normalized spacial score (nSPS) is 10.7. The Morgan fingerprint density at radius 2 is 1.78 bits per heavy atom. The Morgan fingerprint density at radius 3 is 2.56 bits per heavy atom. The molecule has 7 heteroatoms. The van der Waals surface area contributed by atoms with Gasteiger partial charge in [-0.25, -0.2) is 5.43 Å². The summed E-state index contributed by atoms with van der Waals surface area (Å²) in [7, 11) is 1.54. The Labute approximate surface area is 192 Å². The predicted octanol–water partition coefficient (Wildman–Crippen LogP) is 5.48. The molecule has 3 aromatic rings. The fourth-order valence-corrected chi connectivity index (χ4v) is 3.04. The number of para-hydroxylation sites is 1. The maximum Gasteiger partial charge on any atom is 0.271 e. The van der Waals surface area contributed by atoms with Crippen molar-refractivity contribution in [2.45, 2.75) is 20.0 Å². The predicted molar refractivity (Wildman–Crippen MR) is 126 cm³/mol. The number of nitrogens with zero attached hydrogens (tertiary/aromatic N) is 1. The van der Waals surface area contributed by atoms with E-state index < -0.39 is 0 Å². The van der Waals surface area contributed by atoms with Gasteiger partial charge in [0, 0.05) is 21.7 Å². The van der Waals surface area contributed by atoms with Crippen LogP contribution in [0.1, 0.15) is 34.8 Å². The summed E-state index contributed by atoms with van der Waals surface area (Å²) in [5.74, 6) is 1.35. The van der Waals surface area contributed by atoms with Gasteiger partial charge in [-0.05, 0) is 42.8 Å². The number of ether oxygens (including phenoxy) is 3. The number of methoxy groups -OCH3 is 1. The lowest BCUT2D eigenvalue weighted by atomic mass is 10.2. The van der Waals surface area contributed by atoms with E-state index in [0.29, 0.717) is 41.0 Å². The first-order valence-corrected chi connectivity index (χ1v) is 10.6. The fraction of sp³-hybridized carbons (Fsp3) is 0.200. The average Bonchev–Trinajstić information content (AvgIpc) is 2.82. The second-order valence-corrected chi connectivity index (χ2v) is 7.24. The van der Waals surface area contributed by atoms with E-state index in [0.717, 1.165) is 17.5 Å². The third kappa shape index (κ3) is 6.25. The Morgan fingerprint density at radius 1 is 1.00 bits per heavy atom. The molecule has 166 valence electrons. The number of rotatable bonds is 10. The van der Waals surface area contributed by atoms with Crippen LogP contribution in [0.5, 0.6) is 17.2 Å². The Bertz CT molecular complexity index is 1090. The van der Waals surface area contributed by atoms with Crippen molar-refractivity contribution in [2.75, 3.05) is 13.7 Å². The van der Waals surface area contributed by atoms with Gasteiger partial charge in [0.05, 0.1) is 19.9 Å². The largest absolute Gasteiger partial charge is 0.493 e. The second-order valence-electron chi connectivity index (χ2n) is 6.83. The fourth-order valence-electron chi connectivity index (χ4n) is 2.85. The Balaban J connectivity index is 1.64. The van der Waals surface area contributed by atoms with Crippen molar-refractivity contribution >= 4 is 23.7 Å². The number of hydrogen-bond donors (Lipinski definition) is 1. The molecular formula is C25H25ClN2O4. The maximum atomic E-state index is 12.5. The van der Waals surface area contributed by atoms with Crippen LogP contribution in [0.2, 0.25) is 5.02 Å². The highest BCUT2D eigenvalue weighted by atomic mass is 35.5. The van der Waals surface area contributed by atoms with Gasteiger partial charge in [-0.1, -0.05) is 48.9 Å². The van der Waals surface area contributed by atoms with Crippen molar-refractivity contribution in [3.63, 3.8) is 0 Å². The van der Waals surface area contributed by atoms with Crippen LogP contribution in [0.25, 0.3) is 0 Å². The topological polar surface area (TPSA) is 69.2 Å². The molecule has 0 unspecified atom stereocenters. The minimum Gasteiger partial charge on any atom is -0.493 e. The van der Waals surface area contributed by atoms with E-state index in [-0.39, 0.29) is 5.91 Å². The highest BCUT2D eigenvalue weighted by molar-refractivity contribution is 6.31. The summed E-state index contributed by atoms with van der Waals surface area (Å²) >= 11 is 6.19.